The second-order valence-corrected chi connectivity index (χ2v) is 5.88. The summed E-state index contributed by atoms with van der Waals surface area (Å²) in [4.78, 5) is 4.12. The number of hydrogen-bond acceptors (Lipinski definition) is 3. The van der Waals surface area contributed by atoms with Crippen LogP contribution in [0, 0.1) is 17.1 Å². The molecule has 118 valence electrons. The Morgan fingerprint density at radius 1 is 1.22 bits per heavy atom. The minimum atomic E-state index is -0.232. The monoisotopic (exact) mass is 309 g/mol. The fraction of sp³-hybridized carbons (Fsp3) is 0.316. The summed E-state index contributed by atoms with van der Waals surface area (Å²) in [6.45, 7) is 4.98. The second-order valence-electron chi connectivity index (χ2n) is 5.88. The predicted octanol–water partition coefficient (Wildman–Crippen LogP) is 3.84. The van der Waals surface area contributed by atoms with Crippen molar-refractivity contribution in [1.29, 1.82) is 5.26 Å². The topological polar surface area (TPSA) is 30.3 Å². The molecule has 1 aliphatic rings. The first-order valence-corrected chi connectivity index (χ1v) is 7.90. The van der Waals surface area contributed by atoms with E-state index in [1.807, 2.05) is 24.3 Å². The van der Waals surface area contributed by atoms with Crippen molar-refractivity contribution in [2.45, 2.75) is 19.9 Å². The Morgan fingerprint density at radius 3 is 2.74 bits per heavy atom. The van der Waals surface area contributed by atoms with E-state index >= 15 is 0 Å². The van der Waals surface area contributed by atoms with E-state index in [9.17, 15) is 9.65 Å². The average Bonchev–Trinajstić information content (AvgIpc) is 2.60. The van der Waals surface area contributed by atoms with E-state index in [4.69, 9.17) is 0 Å². The summed E-state index contributed by atoms with van der Waals surface area (Å²) in [5.74, 6) is -0.232. The summed E-state index contributed by atoms with van der Waals surface area (Å²) >= 11 is 0. The van der Waals surface area contributed by atoms with Gasteiger partial charge in [-0.2, -0.15) is 5.26 Å². The Morgan fingerprint density at radius 2 is 2.00 bits per heavy atom. The van der Waals surface area contributed by atoms with Crippen molar-refractivity contribution in [2.75, 3.05) is 25.0 Å². The van der Waals surface area contributed by atoms with Crippen molar-refractivity contribution in [3.63, 3.8) is 0 Å². The van der Waals surface area contributed by atoms with Gasteiger partial charge in [0, 0.05) is 20.1 Å². The van der Waals surface area contributed by atoms with Crippen LogP contribution in [0.4, 0.5) is 15.8 Å². The van der Waals surface area contributed by atoms with Gasteiger partial charge < -0.3 is 4.90 Å². The lowest BCUT2D eigenvalue weighted by Gasteiger charge is -2.29. The van der Waals surface area contributed by atoms with Crippen LogP contribution in [-0.4, -0.2) is 25.0 Å². The summed E-state index contributed by atoms with van der Waals surface area (Å²) in [6.07, 6.45) is 0.888. The minimum Gasteiger partial charge on any atom is -0.341 e. The fourth-order valence-corrected chi connectivity index (χ4v) is 3.14. The molecule has 3 nitrogen and oxygen atoms in total. The Balaban J connectivity index is 2.01. The molecule has 0 N–H and O–H groups in total. The first kappa shape index (κ1) is 15.5. The molecule has 0 unspecified atom stereocenters. The quantitative estimate of drug-likeness (QED) is 0.863. The molecule has 3 rings (SSSR count). The van der Waals surface area contributed by atoms with E-state index in [-0.39, 0.29) is 5.82 Å². The number of halogens is 1. The number of nitrogens with zero attached hydrogens (tertiary/aromatic N) is 3. The second kappa shape index (κ2) is 6.39. The molecular formula is C19H20FN3. The van der Waals surface area contributed by atoms with Crippen LogP contribution in [0.5, 0.6) is 0 Å². The van der Waals surface area contributed by atoms with Crippen LogP contribution in [0.15, 0.2) is 36.4 Å². The summed E-state index contributed by atoms with van der Waals surface area (Å²) in [6, 6.07) is 13.0. The third kappa shape index (κ3) is 2.93. The van der Waals surface area contributed by atoms with Gasteiger partial charge in [0.05, 0.1) is 16.9 Å². The zero-order valence-electron chi connectivity index (χ0n) is 13.5. The molecule has 2 aromatic rings. The van der Waals surface area contributed by atoms with Gasteiger partial charge in [0.15, 0.2) is 0 Å². The van der Waals surface area contributed by atoms with E-state index in [2.05, 4.69) is 17.9 Å². The molecule has 0 amide bonds. The van der Waals surface area contributed by atoms with Gasteiger partial charge in [-0.15, -0.1) is 0 Å². The summed E-state index contributed by atoms with van der Waals surface area (Å²) < 4.78 is 14.6. The highest BCUT2D eigenvalue weighted by Gasteiger charge is 2.20. The maximum absolute atomic E-state index is 14.6. The zero-order chi connectivity index (χ0) is 16.4. The molecule has 0 spiro atoms. The minimum absolute atomic E-state index is 0.232. The van der Waals surface area contributed by atoms with E-state index in [0.717, 1.165) is 37.3 Å². The Bertz CT molecular complexity index is 764. The number of nitriles is 1. The number of rotatable bonds is 3. The van der Waals surface area contributed by atoms with Gasteiger partial charge in [-0.25, -0.2) is 4.39 Å². The van der Waals surface area contributed by atoms with Gasteiger partial charge in [0.25, 0.3) is 0 Å². The molecule has 0 radical (unpaired) electrons. The highest BCUT2D eigenvalue weighted by molar-refractivity contribution is 5.70. The molecule has 0 saturated carbocycles. The van der Waals surface area contributed by atoms with Gasteiger partial charge in [0.1, 0.15) is 11.9 Å². The highest BCUT2D eigenvalue weighted by Crippen LogP contribution is 2.32. The Kier molecular flexibility index (Phi) is 4.31. The number of hydrogen-bond donors (Lipinski definition) is 0. The van der Waals surface area contributed by atoms with Gasteiger partial charge in [-0.3, -0.25) is 4.90 Å². The smallest absolute Gasteiger partial charge is 0.147 e. The number of likely N-dealkylation sites (N-methyl/N-ethyl adjacent to an activating group) is 1. The van der Waals surface area contributed by atoms with Gasteiger partial charge in [-0.05, 0) is 48.4 Å². The fourth-order valence-electron chi connectivity index (χ4n) is 3.14. The molecule has 0 saturated heterocycles. The van der Waals surface area contributed by atoms with Crippen molar-refractivity contribution in [1.82, 2.24) is 4.90 Å². The van der Waals surface area contributed by atoms with Crippen molar-refractivity contribution < 1.29 is 4.39 Å². The van der Waals surface area contributed by atoms with Gasteiger partial charge in [0.2, 0.25) is 0 Å². The van der Waals surface area contributed by atoms with E-state index < -0.39 is 0 Å². The van der Waals surface area contributed by atoms with Gasteiger partial charge >= 0.3 is 0 Å². The normalized spacial score (nSPS) is 14.2. The van der Waals surface area contributed by atoms with E-state index in [1.54, 1.807) is 24.1 Å². The molecule has 0 fully saturated rings. The van der Waals surface area contributed by atoms with Crippen molar-refractivity contribution in [2.24, 2.45) is 0 Å². The molecule has 0 aromatic heterocycles. The maximum atomic E-state index is 14.6. The van der Waals surface area contributed by atoms with E-state index in [1.165, 1.54) is 5.56 Å². The number of fused-ring (bicyclic) bond motifs is 1. The highest BCUT2D eigenvalue weighted by atomic mass is 19.1. The molecule has 0 aliphatic carbocycles. The van der Waals surface area contributed by atoms with Crippen LogP contribution in [-0.2, 0) is 13.0 Å². The Labute approximate surface area is 136 Å². The third-order valence-electron chi connectivity index (χ3n) is 4.55. The average molecular weight is 309 g/mol. The molecule has 4 heteroatoms. The van der Waals surface area contributed by atoms with Crippen molar-refractivity contribution in [3.05, 3.63) is 58.9 Å². The van der Waals surface area contributed by atoms with Crippen LogP contribution in [0.25, 0.3) is 0 Å². The van der Waals surface area contributed by atoms with Crippen molar-refractivity contribution >= 4 is 11.4 Å². The van der Waals surface area contributed by atoms with Crippen LogP contribution in [0.1, 0.15) is 23.6 Å². The van der Waals surface area contributed by atoms with Crippen molar-refractivity contribution in [3.8, 4) is 6.07 Å². The Hall–Kier alpha value is -2.38. The molecular weight excluding hydrogens is 289 g/mol. The van der Waals surface area contributed by atoms with Crippen LogP contribution in [0.3, 0.4) is 0 Å². The molecule has 0 atom stereocenters. The SMILES string of the molecule is CCN1CCc2cc(F)c(N(C)c3ccccc3C#N)cc2C1. The van der Waals surface area contributed by atoms with E-state index in [0.29, 0.717) is 11.3 Å². The predicted molar refractivity (Wildman–Crippen MR) is 90.3 cm³/mol. The molecule has 23 heavy (non-hydrogen) atoms. The molecule has 1 heterocycles. The lowest BCUT2D eigenvalue weighted by atomic mass is 9.98. The first-order valence-electron chi connectivity index (χ1n) is 7.90. The third-order valence-corrected chi connectivity index (χ3v) is 4.55. The zero-order valence-corrected chi connectivity index (χ0v) is 13.5. The van der Waals surface area contributed by atoms with Crippen LogP contribution < -0.4 is 4.90 Å². The van der Waals surface area contributed by atoms with Gasteiger partial charge in [-0.1, -0.05) is 19.1 Å². The first-order chi connectivity index (χ1) is 11.1. The largest absolute Gasteiger partial charge is 0.341 e. The maximum Gasteiger partial charge on any atom is 0.147 e. The lowest BCUT2D eigenvalue weighted by molar-refractivity contribution is 0.268. The van der Waals surface area contributed by atoms with Crippen LogP contribution >= 0.6 is 0 Å². The molecule has 2 aromatic carbocycles. The molecule has 1 aliphatic heterocycles. The summed E-state index contributed by atoms with van der Waals surface area (Å²) in [5.41, 5.74) is 4.05. The number of benzene rings is 2. The number of anilines is 2. The summed E-state index contributed by atoms with van der Waals surface area (Å²) in [7, 11) is 1.81. The molecule has 0 bridgehead atoms. The standard InChI is InChI=1S/C19H20FN3/c1-3-23-9-8-14-10-17(20)19(11-16(14)13-23)22(2)18-7-5-4-6-15(18)12-21/h4-7,10-11H,3,8-9,13H2,1-2H3. The lowest BCUT2D eigenvalue weighted by Crippen LogP contribution is -2.30. The van der Waals surface area contributed by atoms with Crippen LogP contribution in [0.2, 0.25) is 0 Å². The summed E-state index contributed by atoms with van der Waals surface area (Å²) in [5, 5.41) is 9.27. The number of para-hydroxylation sites is 1.